The zero-order chi connectivity index (χ0) is 14.4. The summed E-state index contributed by atoms with van der Waals surface area (Å²) in [7, 11) is 1.49. The topological polar surface area (TPSA) is 64.0 Å². The predicted molar refractivity (Wildman–Crippen MR) is 75.1 cm³/mol. The van der Waals surface area contributed by atoms with Gasteiger partial charge in [-0.2, -0.15) is 5.10 Å². The highest BCUT2D eigenvalue weighted by molar-refractivity contribution is 5.92. The standard InChI is InChI=1S/C15H13N3O2/c1-18-14(19)10-9-13(17-18)15(20)16-11-5-8-12-6-3-2-4-7-12/h2-4,6-7,9-10H,11H2,1H3,(H,16,20). The molecule has 1 N–H and O–H groups in total. The summed E-state index contributed by atoms with van der Waals surface area (Å²) in [5.41, 5.74) is 0.820. The van der Waals surface area contributed by atoms with Crippen LogP contribution in [0.2, 0.25) is 0 Å². The molecule has 0 aliphatic carbocycles. The van der Waals surface area contributed by atoms with Gasteiger partial charge in [-0.05, 0) is 18.2 Å². The van der Waals surface area contributed by atoms with E-state index in [9.17, 15) is 9.59 Å². The van der Waals surface area contributed by atoms with Crippen molar-refractivity contribution in [3.63, 3.8) is 0 Å². The van der Waals surface area contributed by atoms with Crippen LogP contribution in [0.15, 0.2) is 47.3 Å². The maximum atomic E-state index is 11.8. The summed E-state index contributed by atoms with van der Waals surface area (Å²) in [4.78, 5) is 22.9. The summed E-state index contributed by atoms with van der Waals surface area (Å²) < 4.78 is 1.12. The number of aryl methyl sites for hydroxylation is 1. The first-order chi connectivity index (χ1) is 9.66. The highest BCUT2D eigenvalue weighted by atomic mass is 16.2. The third-order valence-corrected chi connectivity index (χ3v) is 2.54. The fourth-order valence-electron chi connectivity index (χ4n) is 1.51. The Labute approximate surface area is 116 Å². The SMILES string of the molecule is Cn1nc(C(=O)NCC#Cc2ccccc2)ccc1=O. The van der Waals surface area contributed by atoms with E-state index in [1.54, 1.807) is 0 Å². The van der Waals surface area contributed by atoms with Crippen LogP contribution in [0.5, 0.6) is 0 Å². The lowest BCUT2D eigenvalue weighted by molar-refractivity contribution is 0.0951. The van der Waals surface area contributed by atoms with Gasteiger partial charge in [-0.1, -0.05) is 30.0 Å². The number of aromatic nitrogens is 2. The van der Waals surface area contributed by atoms with Crippen LogP contribution in [0.4, 0.5) is 0 Å². The molecule has 0 saturated heterocycles. The highest BCUT2D eigenvalue weighted by Crippen LogP contribution is 1.94. The second-order valence-electron chi connectivity index (χ2n) is 4.03. The van der Waals surface area contributed by atoms with E-state index in [-0.39, 0.29) is 23.7 Å². The van der Waals surface area contributed by atoms with Crippen molar-refractivity contribution in [2.75, 3.05) is 6.54 Å². The van der Waals surface area contributed by atoms with Crippen LogP contribution in [0.1, 0.15) is 16.1 Å². The molecule has 0 spiro atoms. The Morgan fingerprint density at radius 3 is 2.70 bits per heavy atom. The summed E-state index contributed by atoms with van der Waals surface area (Å²) in [5, 5.41) is 6.48. The number of hydrogen-bond donors (Lipinski definition) is 1. The predicted octanol–water partition coefficient (Wildman–Crippen LogP) is 0.562. The molecule has 2 aromatic rings. The van der Waals surface area contributed by atoms with E-state index in [1.807, 2.05) is 30.3 Å². The monoisotopic (exact) mass is 267 g/mol. The van der Waals surface area contributed by atoms with Gasteiger partial charge in [-0.3, -0.25) is 9.59 Å². The summed E-state index contributed by atoms with van der Waals surface area (Å²) in [6.45, 7) is 0.220. The molecular formula is C15H13N3O2. The van der Waals surface area contributed by atoms with Gasteiger partial charge in [0.25, 0.3) is 11.5 Å². The lowest BCUT2D eigenvalue weighted by Gasteiger charge is -2.01. The Bertz CT molecular complexity index is 724. The first kappa shape index (κ1) is 13.6. The van der Waals surface area contributed by atoms with Gasteiger partial charge < -0.3 is 5.32 Å². The van der Waals surface area contributed by atoms with Crippen LogP contribution in [0, 0.1) is 11.8 Å². The minimum Gasteiger partial charge on any atom is -0.340 e. The first-order valence-electron chi connectivity index (χ1n) is 6.03. The average Bonchev–Trinajstić information content (AvgIpc) is 2.47. The third-order valence-electron chi connectivity index (χ3n) is 2.54. The number of amides is 1. The molecule has 1 amide bonds. The second-order valence-corrected chi connectivity index (χ2v) is 4.03. The molecule has 5 nitrogen and oxygen atoms in total. The van der Waals surface area contributed by atoms with E-state index in [0.717, 1.165) is 10.2 Å². The van der Waals surface area contributed by atoms with Crippen LogP contribution in [-0.4, -0.2) is 22.2 Å². The van der Waals surface area contributed by atoms with E-state index in [1.165, 1.54) is 19.2 Å². The number of carbonyl (C=O) groups is 1. The molecular weight excluding hydrogens is 254 g/mol. The van der Waals surface area contributed by atoms with Gasteiger partial charge in [0, 0.05) is 18.7 Å². The fourth-order valence-corrected chi connectivity index (χ4v) is 1.51. The number of carbonyl (C=O) groups excluding carboxylic acids is 1. The van der Waals surface area contributed by atoms with Gasteiger partial charge in [-0.15, -0.1) is 0 Å². The molecule has 1 aromatic carbocycles. The number of nitrogens with zero attached hydrogens (tertiary/aromatic N) is 2. The van der Waals surface area contributed by atoms with Crippen molar-refractivity contribution in [3.8, 4) is 11.8 Å². The van der Waals surface area contributed by atoms with Gasteiger partial charge in [0.2, 0.25) is 0 Å². The molecule has 100 valence electrons. The number of rotatable bonds is 2. The van der Waals surface area contributed by atoms with Crippen LogP contribution in [0.3, 0.4) is 0 Å². The Morgan fingerprint density at radius 1 is 1.25 bits per heavy atom. The van der Waals surface area contributed by atoms with Gasteiger partial charge in [-0.25, -0.2) is 4.68 Å². The van der Waals surface area contributed by atoms with Crippen molar-refractivity contribution in [2.24, 2.45) is 7.05 Å². The number of hydrogen-bond acceptors (Lipinski definition) is 3. The third kappa shape index (κ3) is 3.56. The Morgan fingerprint density at radius 2 is 2.00 bits per heavy atom. The van der Waals surface area contributed by atoms with Crippen LogP contribution in [0.25, 0.3) is 0 Å². The molecule has 0 fully saturated rings. The summed E-state index contributed by atoms with van der Waals surface area (Å²) >= 11 is 0. The quantitative estimate of drug-likeness (QED) is 0.809. The van der Waals surface area contributed by atoms with Crippen molar-refractivity contribution in [1.29, 1.82) is 0 Å². The lowest BCUT2D eigenvalue weighted by Crippen LogP contribution is -2.28. The molecule has 0 saturated carbocycles. The zero-order valence-electron chi connectivity index (χ0n) is 11.0. The van der Waals surface area contributed by atoms with E-state index < -0.39 is 0 Å². The van der Waals surface area contributed by atoms with E-state index >= 15 is 0 Å². The Balaban J connectivity index is 1.94. The molecule has 5 heteroatoms. The minimum atomic E-state index is -0.358. The molecule has 0 bridgehead atoms. The Kier molecular flexibility index (Phi) is 4.30. The van der Waals surface area contributed by atoms with Crippen molar-refractivity contribution < 1.29 is 4.79 Å². The second kappa shape index (κ2) is 6.34. The zero-order valence-corrected chi connectivity index (χ0v) is 11.0. The van der Waals surface area contributed by atoms with Crippen LogP contribution < -0.4 is 10.9 Å². The normalized spacial score (nSPS) is 9.45. The summed E-state index contributed by atoms with van der Waals surface area (Å²) in [5.74, 6) is 5.42. The van der Waals surface area contributed by atoms with Gasteiger partial charge in [0.05, 0.1) is 6.54 Å². The Hall–Kier alpha value is -2.87. The lowest BCUT2D eigenvalue weighted by atomic mass is 10.2. The van der Waals surface area contributed by atoms with E-state index in [2.05, 4.69) is 22.3 Å². The maximum absolute atomic E-state index is 11.8. The molecule has 1 heterocycles. The highest BCUT2D eigenvalue weighted by Gasteiger charge is 2.06. The molecule has 0 aliphatic heterocycles. The van der Waals surface area contributed by atoms with Gasteiger partial charge in [0.15, 0.2) is 0 Å². The first-order valence-corrected chi connectivity index (χ1v) is 6.03. The molecule has 1 aromatic heterocycles. The summed E-state index contributed by atoms with van der Waals surface area (Å²) in [6, 6.07) is 12.2. The van der Waals surface area contributed by atoms with Crippen molar-refractivity contribution >= 4 is 5.91 Å². The largest absolute Gasteiger partial charge is 0.340 e. The maximum Gasteiger partial charge on any atom is 0.272 e. The minimum absolute atomic E-state index is 0.189. The number of nitrogens with one attached hydrogen (secondary N) is 1. The van der Waals surface area contributed by atoms with E-state index in [4.69, 9.17) is 0 Å². The van der Waals surface area contributed by atoms with Gasteiger partial charge >= 0.3 is 0 Å². The molecule has 0 aliphatic rings. The average molecular weight is 267 g/mol. The molecule has 0 unspecified atom stereocenters. The van der Waals surface area contributed by atoms with Crippen molar-refractivity contribution in [2.45, 2.75) is 0 Å². The molecule has 0 atom stereocenters. The molecule has 0 radical (unpaired) electrons. The van der Waals surface area contributed by atoms with Crippen molar-refractivity contribution in [1.82, 2.24) is 15.1 Å². The summed E-state index contributed by atoms with van der Waals surface area (Å²) in [6.07, 6.45) is 0. The fraction of sp³-hybridized carbons (Fsp3) is 0.133. The van der Waals surface area contributed by atoms with Crippen LogP contribution in [-0.2, 0) is 7.05 Å². The van der Waals surface area contributed by atoms with E-state index in [0.29, 0.717) is 0 Å². The number of benzene rings is 1. The van der Waals surface area contributed by atoms with Crippen molar-refractivity contribution in [3.05, 3.63) is 64.1 Å². The smallest absolute Gasteiger partial charge is 0.272 e. The molecule has 2 rings (SSSR count). The molecule has 20 heavy (non-hydrogen) atoms. The van der Waals surface area contributed by atoms with Crippen LogP contribution >= 0.6 is 0 Å². The van der Waals surface area contributed by atoms with Gasteiger partial charge in [0.1, 0.15) is 5.69 Å².